The molecule has 0 radical (unpaired) electrons. The van der Waals surface area contributed by atoms with Crippen molar-refractivity contribution >= 4 is 34.4 Å². The lowest BCUT2D eigenvalue weighted by Gasteiger charge is -2.26. The Morgan fingerprint density at radius 1 is 1.09 bits per heavy atom. The zero-order valence-electron chi connectivity index (χ0n) is 26.8. The van der Waals surface area contributed by atoms with Gasteiger partial charge < -0.3 is 19.4 Å². The van der Waals surface area contributed by atoms with Crippen LogP contribution in [0.2, 0.25) is 0 Å². The number of fused-ring (bicyclic) bond motifs is 1. The fraction of sp³-hybridized carbons (Fsp3) is 0.333. The zero-order valence-corrected chi connectivity index (χ0v) is 27.6. The molecule has 0 aliphatic carbocycles. The molecule has 240 valence electrons. The predicted molar refractivity (Wildman–Crippen MR) is 181 cm³/mol. The van der Waals surface area contributed by atoms with Crippen molar-refractivity contribution < 1.29 is 9.18 Å². The number of amides is 1. The van der Waals surface area contributed by atoms with Crippen molar-refractivity contribution in [3.8, 4) is 6.07 Å². The van der Waals surface area contributed by atoms with Crippen molar-refractivity contribution in [2.24, 2.45) is 5.41 Å². The average molecular weight is 649 g/mol. The van der Waals surface area contributed by atoms with Gasteiger partial charge in [0.1, 0.15) is 22.6 Å². The number of hydrogen-bond acceptors (Lipinski definition) is 7. The van der Waals surface area contributed by atoms with Gasteiger partial charge >= 0.3 is 0 Å². The molecule has 2 aliphatic heterocycles. The maximum absolute atomic E-state index is 14.1. The molecule has 1 unspecified atom stereocenters. The monoisotopic (exact) mass is 648 g/mol. The summed E-state index contributed by atoms with van der Waals surface area (Å²) in [6.07, 6.45) is 9.44. The molecule has 2 saturated heterocycles. The number of aryl methyl sites for hydroxylation is 1. The second-order valence-corrected chi connectivity index (χ2v) is 14.0. The standard InChI is InChI=1S/C36H37FN8OS/c1-24-26(4-6-31-29(24)17-28(18-38)45(31)20-25-8-11-39-19-25)21-43-14-9-36(22-43)10-15-44(23-36)33-34(41-13-12-40-33)47-32-7-5-27(37)16-30(32)35(46)42(2)3/h4-8,11-13,16-17,19,39H,9-10,14-15,20-23H2,1-3H3. The summed E-state index contributed by atoms with van der Waals surface area (Å²) in [5.74, 6) is 0.108. The number of nitrogens with zero attached hydrogens (tertiary/aromatic N) is 7. The lowest BCUT2D eigenvalue weighted by Crippen LogP contribution is -2.31. The van der Waals surface area contributed by atoms with Crippen LogP contribution >= 0.6 is 11.8 Å². The summed E-state index contributed by atoms with van der Waals surface area (Å²) < 4.78 is 16.2. The number of nitriles is 1. The number of benzene rings is 2. The summed E-state index contributed by atoms with van der Waals surface area (Å²) in [6, 6.07) is 15.2. The summed E-state index contributed by atoms with van der Waals surface area (Å²) in [5, 5.41) is 11.7. The largest absolute Gasteiger partial charge is 0.367 e. The van der Waals surface area contributed by atoms with Gasteiger partial charge in [-0.1, -0.05) is 17.8 Å². The molecule has 3 aromatic heterocycles. The summed E-state index contributed by atoms with van der Waals surface area (Å²) in [6.45, 7) is 7.49. The molecule has 11 heteroatoms. The van der Waals surface area contributed by atoms with E-state index in [1.165, 1.54) is 39.9 Å². The average Bonchev–Trinajstić information content (AvgIpc) is 3.88. The van der Waals surface area contributed by atoms with Crippen LogP contribution in [0.4, 0.5) is 10.2 Å². The third-order valence-corrected chi connectivity index (χ3v) is 10.7. The lowest BCUT2D eigenvalue weighted by molar-refractivity contribution is 0.0823. The summed E-state index contributed by atoms with van der Waals surface area (Å²) in [4.78, 5) is 32.3. The van der Waals surface area contributed by atoms with Gasteiger partial charge in [0.2, 0.25) is 0 Å². The molecule has 1 atom stereocenters. The van der Waals surface area contributed by atoms with E-state index in [9.17, 15) is 14.4 Å². The number of halogens is 1. The molecule has 1 N–H and O–H groups in total. The topological polar surface area (TPSA) is 97.1 Å². The van der Waals surface area contributed by atoms with Gasteiger partial charge in [0.15, 0.2) is 5.82 Å². The van der Waals surface area contributed by atoms with Crippen LogP contribution in [-0.2, 0) is 13.1 Å². The minimum atomic E-state index is -0.445. The van der Waals surface area contributed by atoms with Gasteiger partial charge in [-0.2, -0.15) is 5.26 Å². The van der Waals surface area contributed by atoms with Crippen molar-refractivity contribution in [2.45, 2.75) is 42.8 Å². The molecule has 47 heavy (non-hydrogen) atoms. The second-order valence-electron chi connectivity index (χ2n) is 13.0. The van der Waals surface area contributed by atoms with E-state index in [4.69, 9.17) is 4.98 Å². The number of anilines is 1. The van der Waals surface area contributed by atoms with Crippen molar-refractivity contribution in [3.63, 3.8) is 0 Å². The van der Waals surface area contributed by atoms with Crippen molar-refractivity contribution in [2.75, 3.05) is 45.2 Å². The number of hydrogen-bond donors (Lipinski definition) is 1. The fourth-order valence-electron chi connectivity index (χ4n) is 7.16. The number of carbonyl (C=O) groups excluding carboxylic acids is 1. The molecule has 2 fully saturated rings. The Morgan fingerprint density at radius 3 is 2.70 bits per heavy atom. The second kappa shape index (κ2) is 12.5. The predicted octanol–water partition coefficient (Wildman–Crippen LogP) is 6.08. The van der Waals surface area contributed by atoms with Crippen LogP contribution in [0, 0.1) is 29.5 Å². The molecule has 0 bridgehead atoms. The first-order valence-electron chi connectivity index (χ1n) is 15.8. The first-order valence-corrected chi connectivity index (χ1v) is 16.7. The third kappa shape index (κ3) is 5.99. The summed E-state index contributed by atoms with van der Waals surface area (Å²) >= 11 is 1.36. The maximum atomic E-state index is 14.1. The van der Waals surface area contributed by atoms with Gasteiger partial charge in [-0.15, -0.1) is 0 Å². The molecular formula is C36H37FN8OS. The first-order chi connectivity index (χ1) is 22.7. The van der Waals surface area contributed by atoms with Crippen LogP contribution < -0.4 is 4.90 Å². The van der Waals surface area contributed by atoms with E-state index in [1.54, 1.807) is 32.6 Å². The van der Waals surface area contributed by atoms with Gasteiger partial charge in [0, 0.05) is 86.3 Å². The van der Waals surface area contributed by atoms with Crippen molar-refractivity contribution in [3.05, 3.63) is 101 Å². The molecule has 2 aliphatic rings. The quantitative estimate of drug-likeness (QED) is 0.218. The Labute approximate surface area is 278 Å². The highest BCUT2D eigenvalue weighted by molar-refractivity contribution is 7.99. The van der Waals surface area contributed by atoms with Crippen LogP contribution in [0.15, 0.2) is 77.2 Å². The van der Waals surface area contributed by atoms with E-state index in [1.807, 2.05) is 24.5 Å². The van der Waals surface area contributed by atoms with E-state index >= 15 is 0 Å². The molecule has 1 amide bonds. The Balaban J connectivity index is 1.06. The highest BCUT2D eigenvalue weighted by Gasteiger charge is 2.44. The highest BCUT2D eigenvalue weighted by Crippen LogP contribution is 2.44. The number of H-pyrrole nitrogens is 1. The Hall–Kier alpha value is -4.66. The number of carbonyl (C=O) groups is 1. The normalized spacial score (nSPS) is 18.0. The van der Waals surface area contributed by atoms with E-state index in [0.717, 1.165) is 67.8 Å². The molecule has 9 nitrogen and oxygen atoms in total. The molecule has 1 spiro atoms. The highest BCUT2D eigenvalue weighted by atomic mass is 32.2. The van der Waals surface area contributed by atoms with Gasteiger partial charge in [-0.25, -0.2) is 14.4 Å². The molecule has 5 heterocycles. The fourth-order valence-corrected chi connectivity index (χ4v) is 8.15. The van der Waals surface area contributed by atoms with Crippen LogP contribution in [0.1, 0.15) is 45.6 Å². The van der Waals surface area contributed by atoms with Crippen LogP contribution in [0.3, 0.4) is 0 Å². The van der Waals surface area contributed by atoms with Crippen molar-refractivity contribution in [1.29, 1.82) is 5.26 Å². The van der Waals surface area contributed by atoms with Crippen molar-refractivity contribution in [1.82, 2.24) is 29.3 Å². The number of aromatic nitrogens is 4. The van der Waals surface area contributed by atoms with Gasteiger partial charge in [-0.3, -0.25) is 9.69 Å². The van der Waals surface area contributed by atoms with E-state index < -0.39 is 5.82 Å². The zero-order chi connectivity index (χ0) is 32.7. The number of nitrogens with one attached hydrogen (secondary N) is 1. The first kappa shape index (κ1) is 31.0. The SMILES string of the molecule is Cc1c(CN2CCC3(CCN(c4nccnc4Sc4ccc(F)cc4C(=O)N(C)C)C3)C2)ccc2c1cc(C#N)n2Cc1cc[nH]c1. The van der Waals surface area contributed by atoms with Crippen LogP contribution in [-0.4, -0.2) is 75.5 Å². The molecule has 5 aromatic rings. The van der Waals surface area contributed by atoms with E-state index in [-0.39, 0.29) is 11.3 Å². The summed E-state index contributed by atoms with van der Waals surface area (Å²) in [7, 11) is 3.33. The smallest absolute Gasteiger partial charge is 0.254 e. The number of rotatable bonds is 8. The Bertz CT molecular complexity index is 2000. The summed E-state index contributed by atoms with van der Waals surface area (Å²) in [5.41, 5.74) is 5.90. The minimum absolute atomic E-state index is 0.160. The molecular weight excluding hydrogens is 612 g/mol. The molecule has 0 saturated carbocycles. The Kier molecular flexibility index (Phi) is 8.24. The van der Waals surface area contributed by atoms with Crippen LogP contribution in [0.25, 0.3) is 10.9 Å². The lowest BCUT2D eigenvalue weighted by atomic mass is 9.86. The van der Waals surface area contributed by atoms with E-state index in [2.05, 4.69) is 49.5 Å². The van der Waals surface area contributed by atoms with Crippen LogP contribution in [0.5, 0.6) is 0 Å². The molecule has 2 aromatic carbocycles. The number of likely N-dealkylation sites (tertiary alicyclic amines) is 1. The van der Waals surface area contributed by atoms with Gasteiger partial charge in [0.25, 0.3) is 5.91 Å². The Morgan fingerprint density at radius 2 is 1.91 bits per heavy atom. The maximum Gasteiger partial charge on any atom is 0.254 e. The van der Waals surface area contributed by atoms with E-state index in [0.29, 0.717) is 27.7 Å². The minimum Gasteiger partial charge on any atom is -0.367 e. The third-order valence-electron chi connectivity index (χ3n) is 9.66. The van der Waals surface area contributed by atoms with Gasteiger partial charge in [0.05, 0.1) is 12.1 Å². The molecule has 7 rings (SSSR count). The van der Waals surface area contributed by atoms with Gasteiger partial charge in [-0.05, 0) is 79.4 Å². The number of aromatic amines is 1.